The van der Waals surface area contributed by atoms with Crippen molar-refractivity contribution in [2.75, 3.05) is 44.6 Å². The monoisotopic (exact) mass is 454 g/mol. The third-order valence-corrected chi connectivity index (χ3v) is 5.75. The number of amides is 1. The van der Waals surface area contributed by atoms with Crippen LogP contribution in [0.5, 0.6) is 0 Å². The Morgan fingerprint density at radius 3 is 2.85 bits per heavy atom. The highest BCUT2D eigenvalue weighted by Gasteiger charge is 2.13. The number of oxazole rings is 1. The van der Waals surface area contributed by atoms with E-state index in [4.69, 9.17) is 9.15 Å². The van der Waals surface area contributed by atoms with Gasteiger partial charge in [0.1, 0.15) is 0 Å². The molecule has 33 heavy (non-hydrogen) atoms. The summed E-state index contributed by atoms with van der Waals surface area (Å²) in [7, 11) is 0. The molecule has 1 aromatic heterocycles. The quantitative estimate of drug-likeness (QED) is 0.449. The lowest BCUT2D eigenvalue weighted by atomic mass is 10.1. The maximum atomic E-state index is 12.4. The predicted octanol–water partition coefficient (Wildman–Crippen LogP) is 2.54. The van der Waals surface area contributed by atoms with Gasteiger partial charge in [-0.1, -0.05) is 18.2 Å². The van der Waals surface area contributed by atoms with Crippen molar-refractivity contribution in [1.29, 1.82) is 0 Å². The number of fused-ring (bicyclic) bond motifs is 1. The van der Waals surface area contributed by atoms with Crippen LogP contribution in [0.3, 0.4) is 0 Å². The normalized spacial score (nSPS) is 15.5. The van der Waals surface area contributed by atoms with Crippen LogP contribution in [0.2, 0.25) is 0 Å². The molecule has 3 aromatic rings. The Morgan fingerprint density at radius 2 is 2.06 bits per heavy atom. The van der Waals surface area contributed by atoms with Gasteiger partial charge >= 0.3 is 11.8 Å². The Morgan fingerprint density at radius 1 is 1.24 bits per heavy atom. The number of aromatic nitrogens is 1. The fraction of sp³-hybridized carbons (Fsp3) is 0.417. The Balaban J connectivity index is 1.35. The minimum Gasteiger partial charge on any atom is -0.449 e. The zero-order valence-electron chi connectivity index (χ0n) is 18.8. The van der Waals surface area contributed by atoms with Crippen LogP contribution in [0.25, 0.3) is 11.1 Å². The van der Waals surface area contributed by atoms with Crippen molar-refractivity contribution in [2.45, 2.75) is 26.0 Å². The number of nitrogens with one attached hydrogen (secondary N) is 2. The number of ether oxygens (including phenoxy) is 1. The van der Waals surface area contributed by atoms with Gasteiger partial charge in [0, 0.05) is 38.4 Å². The van der Waals surface area contributed by atoms with Gasteiger partial charge in [0.05, 0.1) is 24.8 Å². The van der Waals surface area contributed by atoms with Crippen LogP contribution >= 0.6 is 0 Å². The fourth-order valence-corrected chi connectivity index (χ4v) is 3.96. The first kappa shape index (κ1) is 23.0. The van der Waals surface area contributed by atoms with Crippen molar-refractivity contribution < 1.29 is 19.1 Å². The second-order valence-electron chi connectivity index (χ2n) is 8.26. The largest absolute Gasteiger partial charge is 0.449 e. The standard InChI is InChI=1S/C24H30N4O5/c1-17(29)19-6-7-22-21(15-19)28(24(31)33-22)16-18-4-2-5-20(14-18)26-23(30)32-13-3-10-27-11-8-25-9-12-27/h2,4-7,14-15,17,25,29H,3,8-13,16H2,1H3,(H,26,30). The van der Waals surface area contributed by atoms with Gasteiger partial charge in [-0.25, -0.2) is 9.59 Å². The number of carbonyl (C=O) groups excluding carboxylic acids is 1. The van der Waals surface area contributed by atoms with Gasteiger partial charge in [0.2, 0.25) is 0 Å². The molecule has 1 unspecified atom stereocenters. The lowest BCUT2D eigenvalue weighted by Crippen LogP contribution is -2.43. The molecule has 1 fully saturated rings. The van der Waals surface area contributed by atoms with Crippen LogP contribution < -0.4 is 16.4 Å². The van der Waals surface area contributed by atoms with E-state index >= 15 is 0 Å². The van der Waals surface area contributed by atoms with Crippen LogP contribution in [-0.4, -0.2) is 60.0 Å². The molecule has 9 nitrogen and oxygen atoms in total. The van der Waals surface area contributed by atoms with E-state index in [1.165, 1.54) is 4.57 Å². The summed E-state index contributed by atoms with van der Waals surface area (Å²) in [5.74, 6) is -0.477. The van der Waals surface area contributed by atoms with Crippen molar-refractivity contribution >= 4 is 22.9 Å². The maximum Gasteiger partial charge on any atom is 0.420 e. The van der Waals surface area contributed by atoms with Gasteiger partial charge in [0.15, 0.2) is 5.58 Å². The number of hydrogen-bond donors (Lipinski definition) is 3. The molecule has 2 aromatic carbocycles. The number of nitrogens with zero attached hydrogens (tertiary/aromatic N) is 2. The average Bonchev–Trinajstić information content (AvgIpc) is 3.12. The summed E-state index contributed by atoms with van der Waals surface area (Å²) >= 11 is 0. The zero-order chi connectivity index (χ0) is 23.2. The summed E-state index contributed by atoms with van der Waals surface area (Å²) in [6.45, 7) is 7.25. The molecule has 0 saturated carbocycles. The summed E-state index contributed by atoms with van der Waals surface area (Å²) < 4.78 is 12.1. The molecule has 0 bridgehead atoms. The maximum absolute atomic E-state index is 12.4. The third-order valence-electron chi connectivity index (χ3n) is 5.75. The molecule has 0 aliphatic carbocycles. The number of aliphatic hydroxyl groups is 1. The SMILES string of the molecule is CC(O)c1ccc2oc(=O)n(Cc3cccc(NC(=O)OCCCN4CCNCC4)c3)c2c1. The molecule has 1 amide bonds. The first-order valence-electron chi connectivity index (χ1n) is 11.3. The number of anilines is 1. The number of hydrogen-bond acceptors (Lipinski definition) is 7. The fourth-order valence-electron chi connectivity index (χ4n) is 3.96. The second kappa shape index (κ2) is 10.7. The van der Waals surface area contributed by atoms with Crippen LogP contribution in [0.1, 0.15) is 30.6 Å². The number of carbonyl (C=O) groups is 1. The van der Waals surface area contributed by atoms with Crippen LogP contribution in [0.15, 0.2) is 51.7 Å². The van der Waals surface area contributed by atoms with E-state index in [1.54, 1.807) is 37.3 Å². The Hall–Kier alpha value is -3.14. The molecular formula is C24H30N4O5. The summed E-state index contributed by atoms with van der Waals surface area (Å²) in [4.78, 5) is 26.9. The molecule has 1 atom stereocenters. The topological polar surface area (TPSA) is 109 Å². The molecule has 4 rings (SSSR count). The van der Waals surface area contributed by atoms with Gasteiger partial charge in [-0.2, -0.15) is 0 Å². The minimum atomic E-state index is -0.650. The smallest absolute Gasteiger partial charge is 0.420 e. The van der Waals surface area contributed by atoms with Crippen LogP contribution in [-0.2, 0) is 11.3 Å². The van der Waals surface area contributed by atoms with Gasteiger partial charge in [-0.15, -0.1) is 0 Å². The summed E-state index contributed by atoms with van der Waals surface area (Å²) in [5.41, 5.74) is 3.18. The Bertz CT molecular complexity index is 1150. The highest BCUT2D eigenvalue weighted by atomic mass is 16.5. The summed E-state index contributed by atoms with van der Waals surface area (Å²) in [6.07, 6.45) is -0.360. The number of rotatable bonds is 8. The average molecular weight is 455 g/mol. The van der Waals surface area contributed by atoms with E-state index in [2.05, 4.69) is 15.5 Å². The van der Waals surface area contributed by atoms with E-state index in [-0.39, 0.29) is 6.54 Å². The van der Waals surface area contributed by atoms with Crippen molar-refractivity contribution in [1.82, 2.24) is 14.8 Å². The number of aliphatic hydroxyl groups excluding tert-OH is 1. The first-order chi connectivity index (χ1) is 16.0. The van der Waals surface area contributed by atoms with E-state index in [0.717, 1.165) is 44.7 Å². The lowest BCUT2D eigenvalue weighted by Gasteiger charge is -2.26. The van der Waals surface area contributed by atoms with Crippen molar-refractivity contribution in [2.24, 2.45) is 0 Å². The van der Waals surface area contributed by atoms with Crippen LogP contribution in [0.4, 0.5) is 10.5 Å². The van der Waals surface area contributed by atoms with E-state index < -0.39 is 18.0 Å². The molecule has 176 valence electrons. The molecule has 1 saturated heterocycles. The van der Waals surface area contributed by atoms with Gasteiger partial charge in [-0.05, 0) is 48.7 Å². The van der Waals surface area contributed by atoms with Gasteiger partial charge in [-0.3, -0.25) is 9.88 Å². The van der Waals surface area contributed by atoms with E-state index in [9.17, 15) is 14.7 Å². The molecule has 2 heterocycles. The molecule has 3 N–H and O–H groups in total. The lowest BCUT2D eigenvalue weighted by molar-refractivity contribution is 0.149. The molecule has 1 aliphatic rings. The Kier molecular flexibility index (Phi) is 7.43. The number of piperazine rings is 1. The third kappa shape index (κ3) is 6.01. The van der Waals surface area contributed by atoms with Crippen molar-refractivity contribution in [3.8, 4) is 0 Å². The van der Waals surface area contributed by atoms with Crippen LogP contribution in [0, 0.1) is 0 Å². The zero-order valence-corrected chi connectivity index (χ0v) is 18.8. The molecule has 1 aliphatic heterocycles. The molecular weight excluding hydrogens is 424 g/mol. The number of benzene rings is 2. The van der Waals surface area contributed by atoms with Gasteiger partial charge < -0.3 is 24.5 Å². The first-order valence-corrected chi connectivity index (χ1v) is 11.3. The highest BCUT2D eigenvalue weighted by molar-refractivity contribution is 5.84. The highest BCUT2D eigenvalue weighted by Crippen LogP contribution is 2.21. The molecule has 0 radical (unpaired) electrons. The summed E-state index contributed by atoms with van der Waals surface area (Å²) in [5, 5.41) is 15.9. The molecule has 9 heteroatoms. The van der Waals surface area contributed by atoms with Gasteiger partial charge in [0.25, 0.3) is 0 Å². The van der Waals surface area contributed by atoms with Crippen molar-refractivity contribution in [3.63, 3.8) is 0 Å². The van der Waals surface area contributed by atoms with E-state index in [0.29, 0.717) is 29.0 Å². The van der Waals surface area contributed by atoms with E-state index in [1.807, 2.05) is 12.1 Å². The van der Waals surface area contributed by atoms with Crippen molar-refractivity contribution in [3.05, 3.63) is 64.1 Å². The Labute approximate surface area is 191 Å². The summed E-state index contributed by atoms with van der Waals surface area (Å²) in [6, 6.07) is 12.4. The molecule has 0 spiro atoms. The predicted molar refractivity (Wildman–Crippen MR) is 126 cm³/mol. The minimum absolute atomic E-state index is 0.268. The second-order valence-corrected chi connectivity index (χ2v) is 8.26.